The summed E-state index contributed by atoms with van der Waals surface area (Å²) in [4.78, 5) is 36.7. The van der Waals surface area contributed by atoms with E-state index in [1.54, 1.807) is 66.7 Å². The number of nitriles is 1. The molecule has 0 heterocycles. The highest BCUT2D eigenvalue weighted by Gasteiger charge is 2.12. The van der Waals surface area contributed by atoms with Gasteiger partial charge in [-0.1, -0.05) is 24.3 Å². The molecule has 0 saturated carbocycles. The van der Waals surface area contributed by atoms with Gasteiger partial charge in [0.05, 0.1) is 11.6 Å². The lowest BCUT2D eigenvalue weighted by Crippen LogP contribution is -2.12. The summed E-state index contributed by atoms with van der Waals surface area (Å²) in [5.41, 5.74) is 5.97. The van der Waals surface area contributed by atoms with E-state index in [2.05, 4.69) is 22.0 Å². The summed E-state index contributed by atoms with van der Waals surface area (Å²) in [7, 11) is 0. The quantitative estimate of drug-likeness (QED) is 0.309. The lowest BCUT2D eigenvalue weighted by molar-refractivity contribution is -0.114. The van der Waals surface area contributed by atoms with Crippen molar-refractivity contribution < 1.29 is 14.4 Å². The number of carbonyl (C=O) groups is 3. The highest BCUT2D eigenvalue weighted by molar-refractivity contribution is 6.06. The largest absolute Gasteiger partial charge is 0.326 e. The second-order valence-corrected chi connectivity index (χ2v) is 8.47. The molecule has 0 bridgehead atoms. The first-order valence-electron chi connectivity index (χ1n) is 11.5. The summed E-state index contributed by atoms with van der Waals surface area (Å²) in [6.07, 6.45) is 0. The summed E-state index contributed by atoms with van der Waals surface area (Å²) in [5.74, 6) is -0.705. The van der Waals surface area contributed by atoms with Gasteiger partial charge in [-0.15, -0.1) is 0 Å². The minimum absolute atomic E-state index is 0.164. The van der Waals surface area contributed by atoms with Gasteiger partial charge in [-0.3, -0.25) is 14.4 Å². The van der Waals surface area contributed by atoms with E-state index >= 15 is 0 Å². The summed E-state index contributed by atoms with van der Waals surface area (Å²) in [6, 6.07) is 28.2. The van der Waals surface area contributed by atoms with Gasteiger partial charge in [0.1, 0.15) is 0 Å². The monoisotopic (exact) mass is 488 g/mol. The van der Waals surface area contributed by atoms with Gasteiger partial charge >= 0.3 is 0 Å². The predicted molar refractivity (Wildman–Crippen MR) is 144 cm³/mol. The molecular formula is C30H24N4O3. The summed E-state index contributed by atoms with van der Waals surface area (Å²) in [5, 5.41) is 17.4. The van der Waals surface area contributed by atoms with Gasteiger partial charge in [0.2, 0.25) is 5.91 Å². The molecule has 3 amide bonds. The molecule has 0 aliphatic heterocycles. The normalized spacial score (nSPS) is 10.2. The number of hydrogen-bond donors (Lipinski definition) is 3. The molecule has 0 unspecified atom stereocenters. The van der Waals surface area contributed by atoms with Crippen molar-refractivity contribution in [1.82, 2.24) is 0 Å². The molecule has 0 saturated heterocycles. The fourth-order valence-corrected chi connectivity index (χ4v) is 3.79. The minimum Gasteiger partial charge on any atom is -0.326 e. The van der Waals surface area contributed by atoms with E-state index in [-0.39, 0.29) is 17.7 Å². The first-order chi connectivity index (χ1) is 17.8. The molecule has 37 heavy (non-hydrogen) atoms. The van der Waals surface area contributed by atoms with Gasteiger partial charge in [-0.05, 0) is 90.3 Å². The zero-order valence-corrected chi connectivity index (χ0v) is 20.3. The Labute approximate surface area is 214 Å². The van der Waals surface area contributed by atoms with Gasteiger partial charge in [0.15, 0.2) is 0 Å². The maximum Gasteiger partial charge on any atom is 0.255 e. The van der Waals surface area contributed by atoms with Crippen LogP contribution in [-0.2, 0) is 4.79 Å². The molecule has 0 spiro atoms. The number of nitrogens with zero attached hydrogens (tertiary/aromatic N) is 1. The second kappa shape index (κ2) is 11.0. The second-order valence-electron chi connectivity index (χ2n) is 8.47. The standard InChI is InChI=1S/C30H24N4O3/c1-19-6-7-24(30(37)33-26-14-12-25(13-15-26)32-20(2)35)17-28(19)22-8-10-23(11-9-22)29(36)34-27-5-3-4-21(16-27)18-31/h3-17H,1-2H3,(H,32,35)(H,33,37)(H,34,36). The van der Waals surface area contributed by atoms with Crippen LogP contribution in [0.2, 0.25) is 0 Å². The lowest BCUT2D eigenvalue weighted by Gasteiger charge is -2.11. The molecule has 182 valence electrons. The van der Waals surface area contributed by atoms with Crippen molar-refractivity contribution >= 4 is 34.8 Å². The predicted octanol–water partition coefficient (Wildman–Crippen LogP) is 6.00. The van der Waals surface area contributed by atoms with Crippen LogP contribution in [0.3, 0.4) is 0 Å². The van der Waals surface area contributed by atoms with Crippen LogP contribution in [0.4, 0.5) is 17.1 Å². The Morgan fingerprint density at radius 2 is 1.27 bits per heavy atom. The third-order valence-electron chi connectivity index (χ3n) is 5.67. The molecule has 3 N–H and O–H groups in total. The Balaban J connectivity index is 1.48. The van der Waals surface area contributed by atoms with E-state index in [4.69, 9.17) is 5.26 Å². The molecule has 0 aliphatic carbocycles. The van der Waals surface area contributed by atoms with Crippen LogP contribution in [0.5, 0.6) is 0 Å². The molecule has 7 nitrogen and oxygen atoms in total. The number of carbonyl (C=O) groups excluding carboxylic acids is 3. The van der Waals surface area contributed by atoms with Crippen molar-refractivity contribution in [2.45, 2.75) is 13.8 Å². The van der Waals surface area contributed by atoms with Crippen molar-refractivity contribution in [2.24, 2.45) is 0 Å². The Bertz CT molecular complexity index is 1520. The number of anilines is 3. The number of benzene rings is 4. The van der Waals surface area contributed by atoms with Crippen LogP contribution in [0.1, 0.15) is 38.8 Å². The van der Waals surface area contributed by atoms with E-state index in [9.17, 15) is 14.4 Å². The smallest absolute Gasteiger partial charge is 0.255 e. The Morgan fingerprint density at radius 1 is 0.676 bits per heavy atom. The minimum atomic E-state index is -0.281. The lowest BCUT2D eigenvalue weighted by atomic mass is 9.97. The Morgan fingerprint density at radius 3 is 1.92 bits per heavy atom. The van der Waals surface area contributed by atoms with E-state index in [0.717, 1.165) is 16.7 Å². The van der Waals surface area contributed by atoms with Gasteiger partial charge in [-0.2, -0.15) is 5.26 Å². The topological polar surface area (TPSA) is 111 Å². The van der Waals surface area contributed by atoms with Crippen molar-refractivity contribution in [1.29, 1.82) is 5.26 Å². The third-order valence-corrected chi connectivity index (χ3v) is 5.67. The van der Waals surface area contributed by atoms with E-state index in [0.29, 0.717) is 33.8 Å². The van der Waals surface area contributed by atoms with Crippen LogP contribution in [-0.4, -0.2) is 17.7 Å². The molecule has 0 aliphatic rings. The van der Waals surface area contributed by atoms with Gasteiger partial charge in [-0.25, -0.2) is 0 Å². The van der Waals surface area contributed by atoms with Crippen molar-refractivity contribution in [3.63, 3.8) is 0 Å². The molecule has 0 fully saturated rings. The maximum atomic E-state index is 12.9. The number of rotatable bonds is 6. The molecule has 4 aromatic rings. The third kappa shape index (κ3) is 6.27. The molecule has 4 aromatic carbocycles. The van der Waals surface area contributed by atoms with Crippen molar-refractivity contribution in [3.05, 3.63) is 113 Å². The van der Waals surface area contributed by atoms with Crippen LogP contribution in [0, 0.1) is 18.3 Å². The first-order valence-corrected chi connectivity index (χ1v) is 11.5. The van der Waals surface area contributed by atoms with Gasteiger partial charge in [0, 0.05) is 35.1 Å². The molecular weight excluding hydrogens is 464 g/mol. The zero-order valence-electron chi connectivity index (χ0n) is 20.3. The Hall–Kier alpha value is -5.22. The molecule has 0 aromatic heterocycles. The number of amides is 3. The molecule has 0 radical (unpaired) electrons. The molecule has 7 heteroatoms. The zero-order chi connectivity index (χ0) is 26.4. The summed E-state index contributed by atoms with van der Waals surface area (Å²) in [6.45, 7) is 3.39. The molecule has 0 atom stereocenters. The van der Waals surface area contributed by atoms with Gasteiger partial charge < -0.3 is 16.0 Å². The summed E-state index contributed by atoms with van der Waals surface area (Å²) < 4.78 is 0. The van der Waals surface area contributed by atoms with Crippen LogP contribution < -0.4 is 16.0 Å². The van der Waals surface area contributed by atoms with E-state index < -0.39 is 0 Å². The van der Waals surface area contributed by atoms with Crippen LogP contribution in [0.15, 0.2) is 91.0 Å². The van der Waals surface area contributed by atoms with Crippen LogP contribution in [0.25, 0.3) is 11.1 Å². The maximum absolute atomic E-state index is 12.9. The van der Waals surface area contributed by atoms with E-state index in [1.807, 2.05) is 31.2 Å². The number of aryl methyl sites for hydroxylation is 1. The average molecular weight is 489 g/mol. The van der Waals surface area contributed by atoms with Crippen LogP contribution >= 0.6 is 0 Å². The number of hydrogen-bond acceptors (Lipinski definition) is 4. The Kier molecular flexibility index (Phi) is 7.41. The fraction of sp³-hybridized carbons (Fsp3) is 0.0667. The van der Waals surface area contributed by atoms with E-state index in [1.165, 1.54) is 6.92 Å². The SMILES string of the molecule is CC(=O)Nc1ccc(NC(=O)c2ccc(C)c(-c3ccc(C(=O)Nc4cccc(C#N)c4)cc3)c2)cc1. The summed E-state index contributed by atoms with van der Waals surface area (Å²) >= 11 is 0. The van der Waals surface area contributed by atoms with Crippen molar-refractivity contribution in [2.75, 3.05) is 16.0 Å². The average Bonchev–Trinajstić information content (AvgIpc) is 2.90. The fourth-order valence-electron chi connectivity index (χ4n) is 3.79. The highest BCUT2D eigenvalue weighted by atomic mass is 16.2. The van der Waals surface area contributed by atoms with Crippen molar-refractivity contribution in [3.8, 4) is 17.2 Å². The van der Waals surface area contributed by atoms with Gasteiger partial charge in [0.25, 0.3) is 11.8 Å². The highest BCUT2D eigenvalue weighted by Crippen LogP contribution is 2.26. The molecule has 4 rings (SSSR count). The number of nitrogens with one attached hydrogen (secondary N) is 3. The first kappa shape index (κ1) is 24.9.